The lowest BCUT2D eigenvalue weighted by Crippen LogP contribution is -2.45. The third-order valence-electron chi connectivity index (χ3n) is 7.26. The molecule has 1 aliphatic heterocycles. The summed E-state index contributed by atoms with van der Waals surface area (Å²) in [7, 11) is 0. The normalized spacial score (nSPS) is 15.7. The molecule has 0 unspecified atom stereocenters. The summed E-state index contributed by atoms with van der Waals surface area (Å²) < 4.78 is 33.9. The predicted molar refractivity (Wildman–Crippen MR) is 144 cm³/mol. The Bertz CT molecular complexity index is 1510. The third-order valence-corrected chi connectivity index (χ3v) is 7.26. The zero-order valence-electron chi connectivity index (χ0n) is 22.5. The fourth-order valence-corrected chi connectivity index (χ4v) is 4.92. The van der Waals surface area contributed by atoms with Gasteiger partial charge in [0, 0.05) is 36.8 Å². The minimum absolute atomic E-state index is 0.0350. The van der Waals surface area contributed by atoms with Crippen LogP contribution in [0.2, 0.25) is 0 Å². The van der Waals surface area contributed by atoms with Crippen molar-refractivity contribution in [2.75, 3.05) is 23.3 Å². The molecule has 1 aliphatic carbocycles. The second-order valence-corrected chi connectivity index (χ2v) is 11.4. The van der Waals surface area contributed by atoms with Crippen molar-refractivity contribution in [3.05, 3.63) is 71.3 Å². The van der Waals surface area contributed by atoms with Crippen LogP contribution in [0, 0.1) is 17.0 Å². The van der Waals surface area contributed by atoms with Gasteiger partial charge in [-0.2, -0.15) is 0 Å². The van der Waals surface area contributed by atoms with E-state index < -0.39 is 17.0 Å². The van der Waals surface area contributed by atoms with Crippen molar-refractivity contribution < 1.29 is 18.3 Å². The average molecular weight is 549 g/mol. The third kappa shape index (κ3) is 5.25. The average Bonchev–Trinajstić information content (AvgIpc) is 3.63. The summed E-state index contributed by atoms with van der Waals surface area (Å²) >= 11 is 0. The molecule has 10 nitrogen and oxygen atoms in total. The molecule has 3 aromatic heterocycles. The van der Waals surface area contributed by atoms with Crippen LogP contribution < -0.4 is 10.2 Å². The van der Waals surface area contributed by atoms with Crippen molar-refractivity contribution in [1.82, 2.24) is 29.9 Å². The lowest BCUT2D eigenvalue weighted by atomic mass is 9.97. The van der Waals surface area contributed by atoms with E-state index in [1.807, 2.05) is 18.3 Å². The summed E-state index contributed by atoms with van der Waals surface area (Å²) in [5, 5.41) is 11.7. The van der Waals surface area contributed by atoms with Gasteiger partial charge >= 0.3 is 5.97 Å². The maximum Gasteiger partial charge on any atom is 0.313 e. The summed E-state index contributed by atoms with van der Waals surface area (Å²) in [4.78, 5) is 26.5. The van der Waals surface area contributed by atoms with Crippen LogP contribution in [0.25, 0.3) is 11.3 Å². The monoisotopic (exact) mass is 548 g/mol. The van der Waals surface area contributed by atoms with Crippen LogP contribution in [-0.4, -0.2) is 55.0 Å². The van der Waals surface area contributed by atoms with E-state index in [-0.39, 0.29) is 24.7 Å². The number of aromatic nitrogens is 6. The van der Waals surface area contributed by atoms with Crippen molar-refractivity contribution in [3.63, 3.8) is 0 Å². The summed E-state index contributed by atoms with van der Waals surface area (Å²) in [6.45, 7) is 6.94. The number of rotatable bonds is 7. The number of fused-ring (bicyclic) bond motifs is 1. The quantitative estimate of drug-likeness (QED) is 0.332. The van der Waals surface area contributed by atoms with Gasteiger partial charge in [-0.3, -0.25) is 4.79 Å². The molecule has 40 heavy (non-hydrogen) atoms. The number of nitrogens with one attached hydrogen (secondary N) is 2. The number of pyridine rings is 1. The largest absolute Gasteiger partial charge is 0.442 e. The van der Waals surface area contributed by atoms with Crippen molar-refractivity contribution in [2.45, 2.75) is 52.3 Å². The summed E-state index contributed by atoms with van der Waals surface area (Å²) in [5.74, 6) is -0.222. The van der Waals surface area contributed by atoms with Crippen LogP contribution >= 0.6 is 0 Å². The highest BCUT2D eigenvalue weighted by Gasteiger charge is 2.32. The second-order valence-electron chi connectivity index (χ2n) is 11.4. The molecular formula is C28H30F2N8O2. The summed E-state index contributed by atoms with van der Waals surface area (Å²) in [5.41, 5.74) is 3.69. The van der Waals surface area contributed by atoms with Crippen molar-refractivity contribution in [2.24, 2.45) is 5.41 Å². The highest BCUT2D eigenvalue weighted by atomic mass is 19.2. The molecule has 4 aromatic rings. The fourth-order valence-electron chi connectivity index (χ4n) is 4.92. The number of ether oxygens (including phenoxy) is 1. The number of imidazole rings is 1. The van der Waals surface area contributed by atoms with Gasteiger partial charge in [-0.15, -0.1) is 5.10 Å². The van der Waals surface area contributed by atoms with Gasteiger partial charge in [0.2, 0.25) is 5.95 Å². The molecule has 0 amide bonds. The Hall–Kier alpha value is -4.35. The van der Waals surface area contributed by atoms with Crippen LogP contribution in [0.4, 0.5) is 20.5 Å². The number of benzene rings is 1. The number of halogens is 2. The SMILES string of the molecule is CC(C)(C)C(=O)OCn1cc(C2CN(c3ncc(-c4ccc(NC5Cc6cc(F)c(F)cc6C5)nc4)[nH]3)C2)nn1. The number of hydrogen-bond acceptors (Lipinski definition) is 8. The molecule has 2 aliphatic rings. The molecule has 0 radical (unpaired) electrons. The lowest BCUT2D eigenvalue weighted by molar-refractivity contribution is -0.157. The Morgan fingerprint density at radius 3 is 2.48 bits per heavy atom. The maximum absolute atomic E-state index is 13.5. The maximum atomic E-state index is 13.5. The molecule has 1 aromatic carbocycles. The highest BCUT2D eigenvalue weighted by molar-refractivity contribution is 5.75. The number of carbonyl (C=O) groups excluding carboxylic acids is 1. The molecule has 4 heterocycles. The summed E-state index contributed by atoms with van der Waals surface area (Å²) in [6, 6.07) is 6.46. The van der Waals surface area contributed by atoms with Crippen molar-refractivity contribution in [1.29, 1.82) is 0 Å². The molecule has 12 heteroatoms. The standard InChI is InChI=1S/C28H30F2N8O2/c1-28(2,3)26(39)40-15-38-14-24(35-36-38)19-12-37(13-19)27-32-11-23(34-27)16-4-5-25(31-10-16)33-20-6-17-8-21(29)22(30)9-18(17)7-20/h4-5,8-11,14,19-20H,6-7,12-13,15H2,1-3H3,(H,31,33)(H,32,34). The van der Waals surface area contributed by atoms with E-state index in [1.54, 1.807) is 33.2 Å². The van der Waals surface area contributed by atoms with Gasteiger partial charge in [0.25, 0.3) is 0 Å². The second kappa shape index (κ2) is 10.00. The first-order valence-electron chi connectivity index (χ1n) is 13.2. The van der Waals surface area contributed by atoms with Gasteiger partial charge in [0.05, 0.1) is 29.2 Å². The molecule has 6 rings (SSSR count). The van der Waals surface area contributed by atoms with Crippen molar-refractivity contribution >= 4 is 17.7 Å². The minimum Gasteiger partial charge on any atom is -0.442 e. The van der Waals surface area contributed by atoms with Gasteiger partial charge in [0.1, 0.15) is 5.82 Å². The van der Waals surface area contributed by atoms with Crippen LogP contribution in [0.3, 0.4) is 0 Å². The van der Waals surface area contributed by atoms with Gasteiger partial charge < -0.3 is 19.9 Å². The lowest BCUT2D eigenvalue weighted by Gasteiger charge is -2.37. The number of nitrogens with zero attached hydrogens (tertiary/aromatic N) is 6. The van der Waals surface area contributed by atoms with E-state index in [1.165, 1.54) is 16.8 Å². The number of anilines is 2. The van der Waals surface area contributed by atoms with E-state index in [0.29, 0.717) is 18.7 Å². The molecule has 0 atom stereocenters. The van der Waals surface area contributed by atoms with Gasteiger partial charge in [-0.25, -0.2) is 23.4 Å². The Morgan fingerprint density at radius 1 is 1.10 bits per heavy atom. The highest BCUT2D eigenvalue weighted by Crippen LogP contribution is 2.31. The summed E-state index contributed by atoms with van der Waals surface area (Å²) in [6.07, 6.45) is 6.61. The zero-order valence-corrected chi connectivity index (χ0v) is 22.5. The zero-order chi connectivity index (χ0) is 28.0. The Kier molecular flexibility index (Phi) is 6.47. The van der Waals surface area contributed by atoms with Gasteiger partial charge in [-0.1, -0.05) is 5.21 Å². The Morgan fingerprint density at radius 2 is 1.82 bits per heavy atom. The Balaban J connectivity index is 1.01. The smallest absolute Gasteiger partial charge is 0.313 e. The molecule has 1 fully saturated rings. The van der Waals surface area contributed by atoms with E-state index >= 15 is 0 Å². The van der Waals surface area contributed by atoms with E-state index in [4.69, 9.17) is 4.74 Å². The molecule has 208 valence electrons. The van der Waals surface area contributed by atoms with Gasteiger partial charge in [0.15, 0.2) is 18.4 Å². The Labute approximate surface area is 229 Å². The first-order chi connectivity index (χ1) is 19.1. The molecule has 2 N–H and O–H groups in total. The van der Waals surface area contributed by atoms with Gasteiger partial charge in [-0.05, 0) is 69.0 Å². The number of aromatic amines is 1. The van der Waals surface area contributed by atoms with Crippen LogP contribution in [-0.2, 0) is 29.1 Å². The number of hydrogen-bond donors (Lipinski definition) is 2. The van der Waals surface area contributed by atoms with Crippen LogP contribution in [0.5, 0.6) is 0 Å². The molecule has 0 bridgehead atoms. The fraction of sp³-hybridized carbons (Fsp3) is 0.393. The van der Waals surface area contributed by atoms with E-state index in [9.17, 15) is 13.6 Å². The first kappa shape index (κ1) is 25.9. The van der Waals surface area contributed by atoms with E-state index in [2.05, 4.69) is 35.5 Å². The molecular weight excluding hydrogens is 518 g/mol. The minimum atomic E-state index is -0.807. The van der Waals surface area contributed by atoms with E-state index in [0.717, 1.165) is 47.1 Å². The number of esters is 1. The first-order valence-corrected chi connectivity index (χ1v) is 13.2. The van der Waals surface area contributed by atoms with Crippen molar-refractivity contribution in [3.8, 4) is 11.3 Å². The molecule has 0 spiro atoms. The molecule has 0 saturated carbocycles. The topological polar surface area (TPSA) is 114 Å². The molecule has 1 saturated heterocycles. The number of H-pyrrole nitrogens is 1. The predicted octanol–water partition coefficient (Wildman–Crippen LogP) is 4.07. The van der Waals surface area contributed by atoms with Crippen LogP contribution in [0.1, 0.15) is 43.5 Å². The number of carbonyl (C=O) groups is 1. The van der Waals surface area contributed by atoms with Crippen LogP contribution in [0.15, 0.2) is 42.9 Å².